The fourth-order valence-electron chi connectivity index (χ4n) is 5.66. The van der Waals surface area contributed by atoms with Crippen LogP contribution in [0, 0.1) is 5.92 Å². The average Bonchev–Trinajstić information content (AvgIpc) is 2.87. The maximum absolute atomic E-state index is 12.2. The Morgan fingerprint density at radius 2 is 1.89 bits per heavy atom. The van der Waals surface area contributed by atoms with Gasteiger partial charge >= 0.3 is 12.1 Å². The van der Waals surface area contributed by atoms with Crippen molar-refractivity contribution in [3.05, 3.63) is 59.2 Å². The lowest BCUT2D eigenvalue weighted by Crippen LogP contribution is -2.46. The summed E-state index contributed by atoms with van der Waals surface area (Å²) < 4.78 is 5.57. The fraction of sp³-hybridized carbons (Fsp3) is 0.483. The molecule has 8 heteroatoms. The molecule has 1 saturated carbocycles. The number of hydrogen-bond acceptors (Lipinski definition) is 5. The maximum atomic E-state index is 12.2. The topological polar surface area (TPSA) is 83.5 Å². The van der Waals surface area contributed by atoms with Crippen molar-refractivity contribution in [1.29, 1.82) is 0 Å². The average molecular weight is 507 g/mol. The van der Waals surface area contributed by atoms with Gasteiger partial charge in [0.25, 0.3) is 0 Å². The molecule has 2 aromatic rings. The van der Waals surface area contributed by atoms with Gasteiger partial charge in [-0.2, -0.15) is 0 Å². The van der Waals surface area contributed by atoms with Crippen LogP contribution in [0.5, 0.6) is 5.75 Å². The van der Waals surface area contributed by atoms with Crippen LogP contribution < -0.4 is 10.1 Å². The smallest absolute Gasteiger partial charge is 0.410 e. The third-order valence-corrected chi connectivity index (χ3v) is 7.50. The number of nitrogens with one attached hydrogen (secondary N) is 1. The quantitative estimate of drug-likeness (QED) is 0.528. The zero-order valence-corrected chi connectivity index (χ0v) is 22.5. The summed E-state index contributed by atoms with van der Waals surface area (Å²) in [6, 6.07) is 14.1. The van der Waals surface area contributed by atoms with E-state index in [9.17, 15) is 9.59 Å². The SMILES string of the molecule is CCON=C1CC[C@]2(Cc3cccc(NC(=O)N(C)C)c3)c3ccc(OC(=O)N(C)C)cc3CC[C@H]2C1. The lowest BCUT2D eigenvalue weighted by Gasteiger charge is -2.49. The molecule has 2 aromatic carbocycles. The molecule has 0 aromatic heterocycles. The Morgan fingerprint density at radius 1 is 1.08 bits per heavy atom. The largest absolute Gasteiger partial charge is 0.414 e. The van der Waals surface area contributed by atoms with E-state index in [0.717, 1.165) is 49.9 Å². The molecule has 198 valence electrons. The van der Waals surface area contributed by atoms with Crippen LogP contribution in [0.3, 0.4) is 0 Å². The van der Waals surface area contributed by atoms with Crippen molar-refractivity contribution in [2.75, 3.05) is 40.1 Å². The Kier molecular flexibility index (Phi) is 8.05. The van der Waals surface area contributed by atoms with E-state index in [1.54, 1.807) is 28.2 Å². The summed E-state index contributed by atoms with van der Waals surface area (Å²) in [6.45, 7) is 2.53. The molecular weight excluding hydrogens is 468 g/mol. The maximum Gasteiger partial charge on any atom is 0.414 e. The second-order valence-corrected chi connectivity index (χ2v) is 10.5. The van der Waals surface area contributed by atoms with Gasteiger partial charge in [-0.3, -0.25) is 0 Å². The van der Waals surface area contributed by atoms with Crippen molar-refractivity contribution in [2.45, 2.75) is 50.9 Å². The molecule has 0 aliphatic heterocycles. The summed E-state index contributed by atoms with van der Waals surface area (Å²) in [4.78, 5) is 32.7. The summed E-state index contributed by atoms with van der Waals surface area (Å²) in [5.74, 6) is 0.997. The van der Waals surface area contributed by atoms with E-state index in [1.807, 2.05) is 31.2 Å². The summed E-state index contributed by atoms with van der Waals surface area (Å²) in [6.07, 6.45) is 5.18. The third-order valence-electron chi connectivity index (χ3n) is 7.50. The molecule has 1 N–H and O–H groups in total. The lowest BCUT2D eigenvalue weighted by atomic mass is 9.55. The first-order valence-electron chi connectivity index (χ1n) is 13.0. The summed E-state index contributed by atoms with van der Waals surface area (Å²) >= 11 is 0. The normalized spacial score (nSPS) is 21.4. The van der Waals surface area contributed by atoms with Crippen LogP contribution in [0.25, 0.3) is 0 Å². The molecule has 8 nitrogen and oxygen atoms in total. The van der Waals surface area contributed by atoms with Crippen LogP contribution in [0.4, 0.5) is 15.3 Å². The zero-order chi connectivity index (χ0) is 26.6. The molecule has 0 heterocycles. The van der Waals surface area contributed by atoms with Crippen LogP contribution >= 0.6 is 0 Å². The van der Waals surface area contributed by atoms with E-state index in [-0.39, 0.29) is 17.5 Å². The third kappa shape index (κ3) is 5.89. The molecule has 0 spiro atoms. The molecule has 0 saturated heterocycles. The lowest BCUT2D eigenvalue weighted by molar-refractivity contribution is 0.149. The van der Waals surface area contributed by atoms with Crippen molar-refractivity contribution in [1.82, 2.24) is 9.80 Å². The Hall–Kier alpha value is -3.55. The minimum absolute atomic E-state index is 0.0763. The summed E-state index contributed by atoms with van der Waals surface area (Å²) in [5.41, 5.74) is 5.60. The van der Waals surface area contributed by atoms with Crippen molar-refractivity contribution in [3.8, 4) is 5.75 Å². The molecule has 2 aliphatic rings. The molecule has 37 heavy (non-hydrogen) atoms. The number of carbonyl (C=O) groups excluding carboxylic acids is 2. The van der Waals surface area contributed by atoms with Gasteiger partial charge < -0.3 is 24.7 Å². The number of amides is 3. The van der Waals surface area contributed by atoms with Crippen LogP contribution in [0.2, 0.25) is 0 Å². The highest BCUT2D eigenvalue weighted by Crippen LogP contribution is 2.52. The fourth-order valence-corrected chi connectivity index (χ4v) is 5.66. The number of fused-ring (bicyclic) bond motifs is 3. The van der Waals surface area contributed by atoms with Crippen molar-refractivity contribution >= 4 is 23.5 Å². The molecule has 0 radical (unpaired) electrons. The van der Waals surface area contributed by atoms with Crippen molar-refractivity contribution < 1.29 is 19.2 Å². The van der Waals surface area contributed by atoms with Crippen LogP contribution in [0.1, 0.15) is 49.3 Å². The molecule has 0 unspecified atom stereocenters. The molecule has 1 fully saturated rings. The highest BCUT2D eigenvalue weighted by molar-refractivity contribution is 5.89. The monoisotopic (exact) mass is 506 g/mol. The minimum atomic E-state index is -0.380. The van der Waals surface area contributed by atoms with Gasteiger partial charge in [0.15, 0.2) is 0 Å². The highest BCUT2D eigenvalue weighted by atomic mass is 16.6. The number of aryl methyl sites for hydroxylation is 1. The first-order chi connectivity index (χ1) is 17.7. The van der Waals surface area contributed by atoms with Crippen LogP contribution in [-0.4, -0.2) is 62.4 Å². The Bertz CT molecular complexity index is 1180. The first-order valence-corrected chi connectivity index (χ1v) is 13.0. The number of nitrogens with zero attached hydrogens (tertiary/aromatic N) is 3. The molecular formula is C29H38N4O4. The molecule has 0 bridgehead atoms. The van der Waals surface area contributed by atoms with Gasteiger partial charge in [-0.25, -0.2) is 9.59 Å². The Balaban J connectivity index is 1.68. The number of urea groups is 1. The molecule has 3 amide bonds. The van der Waals surface area contributed by atoms with E-state index in [1.165, 1.54) is 26.5 Å². The van der Waals surface area contributed by atoms with Crippen molar-refractivity contribution in [2.24, 2.45) is 11.1 Å². The number of hydrogen-bond donors (Lipinski definition) is 1. The number of oxime groups is 1. The summed E-state index contributed by atoms with van der Waals surface area (Å²) in [7, 11) is 6.82. The van der Waals surface area contributed by atoms with E-state index >= 15 is 0 Å². The second kappa shape index (κ2) is 11.2. The standard InChI is InChI=1S/C29H38N4O4/c1-6-36-31-24-14-15-29(19-20-8-7-9-23(16-20)30-27(34)32(2)3)22(18-24)11-10-21-17-25(12-13-26(21)29)37-28(35)33(4)5/h7-9,12-13,16-17,22H,6,10-11,14-15,18-19H2,1-5H3,(H,30,34)/t22-,29+/m0/s1. The Labute approximate surface area is 219 Å². The van der Waals surface area contributed by atoms with Gasteiger partial charge in [0.05, 0.1) is 5.71 Å². The number of carbonyl (C=O) groups is 2. The van der Waals surface area contributed by atoms with Crippen LogP contribution in [-0.2, 0) is 23.1 Å². The predicted octanol–water partition coefficient (Wildman–Crippen LogP) is 5.46. The van der Waals surface area contributed by atoms with Gasteiger partial charge in [-0.15, -0.1) is 0 Å². The zero-order valence-electron chi connectivity index (χ0n) is 22.5. The number of rotatable bonds is 6. The first kappa shape index (κ1) is 26.5. The number of benzene rings is 2. The van der Waals surface area contributed by atoms with E-state index in [0.29, 0.717) is 18.3 Å². The minimum Gasteiger partial charge on any atom is -0.410 e. The second-order valence-electron chi connectivity index (χ2n) is 10.5. The van der Waals surface area contributed by atoms with Gasteiger partial charge in [0, 0.05) is 39.3 Å². The van der Waals surface area contributed by atoms with Gasteiger partial charge in [0.1, 0.15) is 12.4 Å². The van der Waals surface area contributed by atoms with E-state index in [2.05, 4.69) is 28.7 Å². The number of ether oxygens (including phenoxy) is 1. The molecule has 2 aliphatic carbocycles. The van der Waals surface area contributed by atoms with E-state index < -0.39 is 0 Å². The predicted molar refractivity (Wildman–Crippen MR) is 145 cm³/mol. The molecule has 4 rings (SSSR count). The van der Waals surface area contributed by atoms with E-state index in [4.69, 9.17) is 9.57 Å². The van der Waals surface area contributed by atoms with Gasteiger partial charge in [0.2, 0.25) is 0 Å². The van der Waals surface area contributed by atoms with Crippen LogP contribution in [0.15, 0.2) is 47.6 Å². The highest BCUT2D eigenvalue weighted by Gasteiger charge is 2.47. The molecule has 2 atom stereocenters. The van der Waals surface area contributed by atoms with Gasteiger partial charge in [-0.1, -0.05) is 23.4 Å². The summed E-state index contributed by atoms with van der Waals surface area (Å²) in [5, 5.41) is 7.39. The number of anilines is 1. The van der Waals surface area contributed by atoms with Gasteiger partial charge in [-0.05, 0) is 92.3 Å². The van der Waals surface area contributed by atoms with Crippen molar-refractivity contribution in [3.63, 3.8) is 0 Å². The Morgan fingerprint density at radius 3 is 2.62 bits per heavy atom.